The Morgan fingerprint density at radius 3 is 2.54 bits per heavy atom. The van der Waals surface area contributed by atoms with Crippen molar-refractivity contribution in [2.75, 3.05) is 0 Å². The molecule has 0 amide bonds. The molecule has 134 valence electrons. The van der Waals surface area contributed by atoms with E-state index in [-0.39, 0.29) is 11.6 Å². The summed E-state index contributed by atoms with van der Waals surface area (Å²) in [6.07, 6.45) is 8.49. The number of benzene rings is 1. The highest BCUT2D eigenvalue weighted by molar-refractivity contribution is 5.95. The normalized spacial score (nSPS) is 10.8. The monoisotopic (exact) mass is 352 g/mol. The second kappa shape index (κ2) is 9.04. The van der Waals surface area contributed by atoms with Gasteiger partial charge in [0.05, 0.1) is 6.20 Å². The number of Topliss-reactive ketones (excluding diaryl/α,β-unsaturated/α-hetero) is 1. The average molecular weight is 352 g/mol. The molecule has 0 saturated heterocycles. The fourth-order valence-electron chi connectivity index (χ4n) is 2.75. The fourth-order valence-corrected chi connectivity index (χ4v) is 2.75. The van der Waals surface area contributed by atoms with Gasteiger partial charge in [-0.25, -0.2) is 9.37 Å². The van der Waals surface area contributed by atoms with Gasteiger partial charge in [-0.05, 0) is 49.2 Å². The highest BCUT2D eigenvalue weighted by Gasteiger charge is 2.08. The summed E-state index contributed by atoms with van der Waals surface area (Å²) in [5.74, 6) is 1.15. The average Bonchev–Trinajstić information content (AvgIpc) is 3.14. The van der Waals surface area contributed by atoms with Crippen molar-refractivity contribution in [2.24, 2.45) is 0 Å². The Balaban J connectivity index is 1.34. The van der Waals surface area contributed by atoms with Gasteiger partial charge in [0, 0.05) is 24.6 Å². The van der Waals surface area contributed by atoms with Crippen LogP contribution in [0.4, 0.5) is 4.39 Å². The molecule has 2 heterocycles. The maximum absolute atomic E-state index is 12.9. The van der Waals surface area contributed by atoms with Gasteiger partial charge in [-0.15, -0.1) is 0 Å². The molecule has 3 rings (SSSR count). The van der Waals surface area contributed by atoms with Crippen LogP contribution in [-0.2, 0) is 6.42 Å². The third-order valence-corrected chi connectivity index (χ3v) is 4.18. The van der Waals surface area contributed by atoms with Crippen molar-refractivity contribution in [2.45, 2.75) is 38.5 Å². The van der Waals surface area contributed by atoms with Crippen molar-refractivity contribution in [1.82, 2.24) is 9.97 Å². The molecule has 1 aromatic carbocycles. The molecule has 0 aliphatic heterocycles. The molecule has 4 nitrogen and oxygen atoms in total. The number of nitrogens with zero attached hydrogens (tertiary/aromatic N) is 2. The molecule has 0 spiro atoms. The lowest BCUT2D eigenvalue weighted by Gasteiger charge is -2.02. The van der Waals surface area contributed by atoms with Crippen molar-refractivity contribution in [1.29, 1.82) is 0 Å². The number of pyridine rings is 1. The molecule has 0 aliphatic rings. The van der Waals surface area contributed by atoms with Crippen molar-refractivity contribution in [3.63, 3.8) is 0 Å². The van der Waals surface area contributed by atoms with E-state index in [0.717, 1.165) is 37.8 Å². The van der Waals surface area contributed by atoms with Gasteiger partial charge in [-0.1, -0.05) is 18.9 Å². The highest BCUT2D eigenvalue weighted by Crippen LogP contribution is 2.19. The van der Waals surface area contributed by atoms with Gasteiger partial charge in [0.25, 0.3) is 0 Å². The lowest BCUT2D eigenvalue weighted by molar-refractivity contribution is 0.0979. The number of hydrogen-bond donors (Lipinski definition) is 0. The molecule has 0 aliphatic carbocycles. The largest absolute Gasteiger partial charge is 0.439 e. The number of oxazole rings is 1. The van der Waals surface area contributed by atoms with Gasteiger partial charge in [-0.3, -0.25) is 9.78 Å². The van der Waals surface area contributed by atoms with Crippen molar-refractivity contribution in [3.8, 4) is 11.5 Å². The second-order valence-electron chi connectivity index (χ2n) is 6.18. The maximum Gasteiger partial charge on any atom is 0.194 e. The van der Waals surface area contributed by atoms with E-state index < -0.39 is 0 Å². The minimum Gasteiger partial charge on any atom is -0.439 e. The fraction of sp³-hybridized carbons (Fsp3) is 0.286. The molecule has 5 heteroatoms. The first-order valence-electron chi connectivity index (χ1n) is 8.87. The predicted octanol–water partition coefficient (Wildman–Crippen LogP) is 5.25. The molecular formula is C21H21FN2O2. The molecule has 0 N–H and O–H groups in total. The number of hydrogen-bond acceptors (Lipinski definition) is 4. The summed E-state index contributed by atoms with van der Waals surface area (Å²) in [4.78, 5) is 20.5. The maximum atomic E-state index is 12.9. The summed E-state index contributed by atoms with van der Waals surface area (Å²) >= 11 is 0. The number of carbonyl (C=O) groups excluding carboxylic acids is 1. The molecule has 0 saturated carbocycles. The Morgan fingerprint density at radius 1 is 0.962 bits per heavy atom. The SMILES string of the molecule is O=C(CCCCCCc1ncc(-c2ccccn2)o1)c1ccc(F)cc1. The van der Waals surface area contributed by atoms with Gasteiger partial charge < -0.3 is 4.42 Å². The first kappa shape index (κ1) is 18.0. The Hall–Kier alpha value is -2.82. The Morgan fingerprint density at radius 2 is 1.77 bits per heavy atom. The van der Waals surface area contributed by atoms with Crippen LogP contribution in [0.5, 0.6) is 0 Å². The van der Waals surface area contributed by atoms with Crippen LogP contribution in [0.15, 0.2) is 59.3 Å². The number of carbonyl (C=O) groups is 1. The molecule has 0 fully saturated rings. The van der Waals surface area contributed by atoms with E-state index in [1.165, 1.54) is 12.1 Å². The summed E-state index contributed by atoms with van der Waals surface area (Å²) in [6, 6.07) is 11.4. The topological polar surface area (TPSA) is 56.0 Å². The highest BCUT2D eigenvalue weighted by atomic mass is 19.1. The molecule has 3 aromatic rings. The number of aromatic nitrogens is 2. The zero-order chi connectivity index (χ0) is 18.2. The Labute approximate surface area is 152 Å². The number of rotatable bonds is 9. The number of aryl methyl sites for hydroxylation is 1. The van der Waals surface area contributed by atoms with E-state index in [0.29, 0.717) is 23.6 Å². The van der Waals surface area contributed by atoms with Crippen molar-refractivity contribution >= 4 is 5.78 Å². The molecule has 2 aromatic heterocycles. The first-order chi connectivity index (χ1) is 12.7. The van der Waals surface area contributed by atoms with Crippen LogP contribution < -0.4 is 0 Å². The summed E-state index contributed by atoms with van der Waals surface area (Å²) in [5.41, 5.74) is 1.36. The van der Waals surface area contributed by atoms with E-state index in [4.69, 9.17) is 4.42 Å². The third-order valence-electron chi connectivity index (χ3n) is 4.18. The van der Waals surface area contributed by atoms with Crippen LogP contribution in [-0.4, -0.2) is 15.8 Å². The van der Waals surface area contributed by atoms with Crippen molar-refractivity contribution in [3.05, 3.63) is 72.1 Å². The number of ketones is 1. The van der Waals surface area contributed by atoms with Crippen LogP contribution in [0.2, 0.25) is 0 Å². The van der Waals surface area contributed by atoms with E-state index in [1.54, 1.807) is 24.5 Å². The third kappa shape index (κ3) is 5.09. The standard InChI is InChI=1S/C21H21FN2O2/c22-17-12-10-16(11-13-17)19(25)8-3-1-2-4-9-21-24-15-20(26-21)18-7-5-6-14-23-18/h5-7,10-15H,1-4,8-9H2. The summed E-state index contributed by atoms with van der Waals surface area (Å²) < 4.78 is 18.6. The van der Waals surface area contributed by atoms with Crippen LogP contribution in [0.3, 0.4) is 0 Å². The summed E-state index contributed by atoms with van der Waals surface area (Å²) in [7, 11) is 0. The van der Waals surface area contributed by atoms with Crippen LogP contribution >= 0.6 is 0 Å². The summed E-state index contributed by atoms with van der Waals surface area (Å²) in [6.45, 7) is 0. The Kier molecular flexibility index (Phi) is 6.25. The molecule has 0 radical (unpaired) electrons. The van der Waals surface area contributed by atoms with Crippen LogP contribution in [0, 0.1) is 5.82 Å². The predicted molar refractivity (Wildman–Crippen MR) is 97.3 cm³/mol. The molecule has 0 bridgehead atoms. The lowest BCUT2D eigenvalue weighted by Crippen LogP contribution is -1.99. The minimum atomic E-state index is -0.320. The second-order valence-corrected chi connectivity index (χ2v) is 6.18. The molecule has 0 atom stereocenters. The smallest absolute Gasteiger partial charge is 0.194 e. The van der Waals surface area contributed by atoms with E-state index in [1.807, 2.05) is 18.2 Å². The molecule has 0 unspecified atom stereocenters. The van der Waals surface area contributed by atoms with E-state index in [9.17, 15) is 9.18 Å². The van der Waals surface area contributed by atoms with Gasteiger partial charge in [-0.2, -0.15) is 0 Å². The van der Waals surface area contributed by atoms with Gasteiger partial charge in [0.15, 0.2) is 17.4 Å². The number of halogens is 1. The Bertz CT molecular complexity index is 829. The molecule has 26 heavy (non-hydrogen) atoms. The van der Waals surface area contributed by atoms with Crippen LogP contribution in [0.1, 0.15) is 48.4 Å². The van der Waals surface area contributed by atoms with Crippen molar-refractivity contribution < 1.29 is 13.6 Å². The van der Waals surface area contributed by atoms with Gasteiger partial charge in [0.2, 0.25) is 0 Å². The zero-order valence-corrected chi connectivity index (χ0v) is 14.5. The quantitative estimate of drug-likeness (QED) is 0.390. The zero-order valence-electron chi connectivity index (χ0n) is 14.5. The van der Waals surface area contributed by atoms with Gasteiger partial charge >= 0.3 is 0 Å². The molecular weight excluding hydrogens is 331 g/mol. The first-order valence-corrected chi connectivity index (χ1v) is 8.87. The van der Waals surface area contributed by atoms with E-state index >= 15 is 0 Å². The summed E-state index contributed by atoms with van der Waals surface area (Å²) in [5, 5.41) is 0. The van der Waals surface area contributed by atoms with E-state index in [2.05, 4.69) is 9.97 Å². The number of unbranched alkanes of at least 4 members (excludes halogenated alkanes) is 3. The lowest BCUT2D eigenvalue weighted by atomic mass is 10.0. The van der Waals surface area contributed by atoms with Crippen LogP contribution in [0.25, 0.3) is 11.5 Å². The van der Waals surface area contributed by atoms with Gasteiger partial charge in [0.1, 0.15) is 11.5 Å². The minimum absolute atomic E-state index is 0.0673.